The molecular weight excluding hydrogens is 334 g/mol. The van der Waals surface area contributed by atoms with Gasteiger partial charge in [0.25, 0.3) is 0 Å². The van der Waals surface area contributed by atoms with Crippen LogP contribution in [0, 0.1) is 6.92 Å². The molecule has 0 amide bonds. The number of fused-ring (bicyclic) bond motifs is 1. The maximum Gasteiger partial charge on any atom is 0.0636 e. The summed E-state index contributed by atoms with van der Waals surface area (Å²) >= 11 is 0. The van der Waals surface area contributed by atoms with Gasteiger partial charge in [0.05, 0.1) is 12.8 Å². The summed E-state index contributed by atoms with van der Waals surface area (Å²) in [4.78, 5) is 8.28. The number of allylic oxidation sites excluding steroid dienone is 1. The quantitative estimate of drug-likeness (QED) is 0.299. The van der Waals surface area contributed by atoms with Gasteiger partial charge in [0.1, 0.15) is 0 Å². The Morgan fingerprint density at radius 1 is 1.15 bits per heavy atom. The van der Waals surface area contributed by atoms with Crippen LogP contribution in [0.25, 0.3) is 17.0 Å². The van der Waals surface area contributed by atoms with Crippen molar-refractivity contribution in [2.24, 2.45) is 0 Å². The number of aromatic amines is 1. The fraction of sp³-hybridized carbons (Fsp3) is 0.217. The largest absolute Gasteiger partial charge is 0.358 e. The van der Waals surface area contributed by atoms with E-state index >= 15 is 0 Å². The Hall–Kier alpha value is -2.82. The SMILES string of the molecule is C=C(/C=C/c1ccc(CNCCc2c(C)[nH]c3ccccc23)cc1)NOC. The number of aromatic nitrogens is 1. The molecule has 27 heavy (non-hydrogen) atoms. The van der Waals surface area contributed by atoms with Crippen LogP contribution in [0.15, 0.2) is 66.9 Å². The average Bonchev–Trinajstić information content (AvgIpc) is 3.00. The summed E-state index contributed by atoms with van der Waals surface area (Å²) in [6.45, 7) is 7.80. The molecule has 4 nitrogen and oxygen atoms in total. The summed E-state index contributed by atoms with van der Waals surface area (Å²) in [7, 11) is 1.57. The van der Waals surface area contributed by atoms with Crippen LogP contribution in [0.5, 0.6) is 0 Å². The van der Waals surface area contributed by atoms with Crippen LogP contribution >= 0.6 is 0 Å². The van der Waals surface area contributed by atoms with Crippen LogP contribution in [0.2, 0.25) is 0 Å². The predicted molar refractivity (Wildman–Crippen MR) is 113 cm³/mol. The van der Waals surface area contributed by atoms with Crippen molar-refractivity contribution in [1.29, 1.82) is 0 Å². The second-order valence-corrected chi connectivity index (χ2v) is 6.61. The Morgan fingerprint density at radius 2 is 1.93 bits per heavy atom. The predicted octanol–water partition coefficient (Wildman–Crippen LogP) is 4.49. The molecule has 3 N–H and O–H groups in total. The van der Waals surface area contributed by atoms with Crippen LogP contribution in [0.3, 0.4) is 0 Å². The standard InChI is InChI=1S/C23H27N3O/c1-17(26-27-3)8-9-19-10-12-20(13-11-19)16-24-15-14-21-18(2)25-23-7-5-4-6-22(21)23/h4-13,24-26H,1,14-16H2,2-3H3/b9-8+. The molecule has 0 bridgehead atoms. The van der Waals surface area contributed by atoms with Crippen LogP contribution in [-0.4, -0.2) is 18.6 Å². The van der Waals surface area contributed by atoms with Crippen molar-refractivity contribution in [3.05, 3.63) is 89.3 Å². The molecule has 3 rings (SSSR count). The van der Waals surface area contributed by atoms with Crippen molar-refractivity contribution in [2.45, 2.75) is 19.9 Å². The van der Waals surface area contributed by atoms with Gasteiger partial charge in [-0.15, -0.1) is 0 Å². The maximum absolute atomic E-state index is 4.81. The van der Waals surface area contributed by atoms with E-state index in [2.05, 4.69) is 77.8 Å². The minimum absolute atomic E-state index is 0.718. The van der Waals surface area contributed by atoms with E-state index in [9.17, 15) is 0 Å². The zero-order valence-corrected chi connectivity index (χ0v) is 16.0. The number of hydrogen-bond acceptors (Lipinski definition) is 3. The van der Waals surface area contributed by atoms with Gasteiger partial charge in [-0.2, -0.15) is 0 Å². The Balaban J connectivity index is 1.49. The molecule has 2 aromatic carbocycles. The van der Waals surface area contributed by atoms with Gasteiger partial charge in [-0.05, 0) is 48.7 Å². The highest BCUT2D eigenvalue weighted by Crippen LogP contribution is 2.21. The van der Waals surface area contributed by atoms with Gasteiger partial charge in [0.2, 0.25) is 0 Å². The molecular formula is C23H27N3O. The number of hydrogen-bond donors (Lipinski definition) is 3. The number of hydroxylamine groups is 1. The third kappa shape index (κ3) is 5.09. The van der Waals surface area contributed by atoms with Crippen molar-refractivity contribution >= 4 is 17.0 Å². The fourth-order valence-electron chi connectivity index (χ4n) is 3.21. The summed E-state index contributed by atoms with van der Waals surface area (Å²) in [6.07, 6.45) is 4.91. The van der Waals surface area contributed by atoms with E-state index in [4.69, 9.17) is 4.84 Å². The average molecular weight is 361 g/mol. The third-order valence-corrected chi connectivity index (χ3v) is 4.60. The number of aryl methyl sites for hydroxylation is 1. The summed E-state index contributed by atoms with van der Waals surface area (Å²) in [5.41, 5.74) is 9.71. The van der Waals surface area contributed by atoms with Crippen LogP contribution in [-0.2, 0) is 17.8 Å². The van der Waals surface area contributed by atoms with Gasteiger partial charge >= 0.3 is 0 Å². The first kappa shape index (κ1) is 19.0. The lowest BCUT2D eigenvalue weighted by molar-refractivity contribution is 0.121. The summed E-state index contributed by atoms with van der Waals surface area (Å²) < 4.78 is 0. The van der Waals surface area contributed by atoms with E-state index < -0.39 is 0 Å². The smallest absolute Gasteiger partial charge is 0.0636 e. The van der Waals surface area contributed by atoms with Crippen molar-refractivity contribution < 1.29 is 4.84 Å². The van der Waals surface area contributed by atoms with Crippen molar-refractivity contribution in [2.75, 3.05) is 13.7 Å². The first-order chi connectivity index (χ1) is 13.2. The molecule has 0 radical (unpaired) electrons. The molecule has 4 heteroatoms. The highest BCUT2D eigenvalue weighted by atomic mass is 16.6. The van der Waals surface area contributed by atoms with Crippen molar-refractivity contribution in [1.82, 2.24) is 15.8 Å². The maximum atomic E-state index is 4.81. The molecule has 1 aromatic heterocycles. The van der Waals surface area contributed by atoms with Gasteiger partial charge in [-0.1, -0.05) is 55.1 Å². The van der Waals surface area contributed by atoms with Gasteiger partial charge < -0.3 is 10.3 Å². The summed E-state index contributed by atoms with van der Waals surface area (Å²) in [5, 5.41) is 4.88. The van der Waals surface area contributed by atoms with E-state index in [0.717, 1.165) is 30.8 Å². The number of para-hydroxylation sites is 1. The Morgan fingerprint density at radius 3 is 2.70 bits per heavy atom. The van der Waals surface area contributed by atoms with E-state index in [1.807, 2.05) is 12.2 Å². The Labute approximate surface area is 160 Å². The molecule has 0 aliphatic carbocycles. The minimum Gasteiger partial charge on any atom is -0.358 e. The topological polar surface area (TPSA) is 49.1 Å². The fourth-order valence-corrected chi connectivity index (χ4v) is 3.21. The van der Waals surface area contributed by atoms with Gasteiger partial charge in [-0.3, -0.25) is 10.3 Å². The van der Waals surface area contributed by atoms with E-state index in [-0.39, 0.29) is 0 Å². The zero-order valence-electron chi connectivity index (χ0n) is 16.0. The molecule has 0 aliphatic heterocycles. The summed E-state index contributed by atoms with van der Waals surface area (Å²) in [6, 6.07) is 17.0. The lowest BCUT2D eigenvalue weighted by atomic mass is 10.1. The molecule has 0 fully saturated rings. The second kappa shape index (κ2) is 9.21. The molecule has 0 atom stereocenters. The highest BCUT2D eigenvalue weighted by Gasteiger charge is 2.07. The molecule has 1 heterocycles. The molecule has 0 saturated carbocycles. The summed E-state index contributed by atoms with van der Waals surface area (Å²) in [5.74, 6) is 0. The minimum atomic E-state index is 0.718. The van der Waals surface area contributed by atoms with E-state index in [0.29, 0.717) is 0 Å². The third-order valence-electron chi connectivity index (χ3n) is 4.60. The van der Waals surface area contributed by atoms with Crippen molar-refractivity contribution in [3.8, 4) is 0 Å². The van der Waals surface area contributed by atoms with E-state index in [1.165, 1.54) is 27.7 Å². The van der Waals surface area contributed by atoms with Gasteiger partial charge in [0, 0.05) is 23.1 Å². The first-order valence-electron chi connectivity index (χ1n) is 9.19. The number of benzene rings is 2. The Kier molecular flexibility index (Phi) is 6.47. The van der Waals surface area contributed by atoms with Gasteiger partial charge in [0.15, 0.2) is 0 Å². The molecule has 0 unspecified atom stereocenters. The number of rotatable bonds is 9. The van der Waals surface area contributed by atoms with Gasteiger partial charge in [-0.25, -0.2) is 0 Å². The second-order valence-electron chi connectivity index (χ2n) is 6.61. The molecule has 0 aliphatic rings. The number of H-pyrrole nitrogens is 1. The zero-order chi connectivity index (χ0) is 19.1. The van der Waals surface area contributed by atoms with E-state index in [1.54, 1.807) is 7.11 Å². The van der Waals surface area contributed by atoms with Crippen LogP contribution < -0.4 is 10.8 Å². The Bertz CT molecular complexity index is 922. The normalized spacial score (nSPS) is 11.3. The molecule has 0 spiro atoms. The lowest BCUT2D eigenvalue weighted by Gasteiger charge is -2.06. The number of nitrogens with one attached hydrogen (secondary N) is 3. The van der Waals surface area contributed by atoms with Crippen LogP contribution in [0.1, 0.15) is 22.4 Å². The lowest BCUT2D eigenvalue weighted by Crippen LogP contribution is -2.16. The molecule has 0 saturated heterocycles. The van der Waals surface area contributed by atoms with Crippen molar-refractivity contribution in [3.63, 3.8) is 0 Å². The van der Waals surface area contributed by atoms with Crippen LogP contribution in [0.4, 0.5) is 0 Å². The molecule has 140 valence electrons. The first-order valence-corrected chi connectivity index (χ1v) is 9.19. The monoisotopic (exact) mass is 361 g/mol. The molecule has 3 aromatic rings. The highest BCUT2D eigenvalue weighted by molar-refractivity contribution is 5.84.